The van der Waals surface area contributed by atoms with Gasteiger partial charge in [-0.05, 0) is 46.1 Å². The van der Waals surface area contributed by atoms with Gasteiger partial charge in [0, 0.05) is 27.1 Å². The van der Waals surface area contributed by atoms with Crippen LogP contribution in [0.4, 0.5) is 0 Å². The first-order chi connectivity index (χ1) is 18.2. The highest BCUT2D eigenvalue weighted by molar-refractivity contribution is 7.64. The first kappa shape index (κ1) is 22.2. The first-order valence-corrected chi connectivity index (χ1v) is 14.9. The maximum absolute atomic E-state index is 5.31. The van der Waals surface area contributed by atoms with Crippen LogP contribution in [0.1, 0.15) is 0 Å². The summed E-state index contributed by atoms with van der Waals surface area (Å²) in [5.74, 6) is 0. The van der Waals surface area contributed by atoms with Crippen molar-refractivity contribution < 1.29 is 0 Å². The molecule has 0 bridgehead atoms. The van der Waals surface area contributed by atoms with Crippen molar-refractivity contribution in [2.24, 2.45) is 0 Å². The average Bonchev–Trinajstić information content (AvgIpc) is 2.96. The predicted molar refractivity (Wildman–Crippen MR) is 164 cm³/mol. The molecule has 6 aromatic carbocycles. The molecule has 0 saturated heterocycles. The minimum atomic E-state index is -0.0781. The van der Waals surface area contributed by atoms with Crippen LogP contribution in [-0.4, -0.2) is 18.3 Å². The van der Waals surface area contributed by atoms with Gasteiger partial charge in [-0.1, -0.05) is 129 Å². The lowest BCUT2D eigenvalue weighted by Crippen LogP contribution is -1.97. The Kier molecular flexibility index (Phi) is 5.27. The topological polar surface area (TPSA) is 12.9 Å². The summed E-state index contributed by atoms with van der Waals surface area (Å²) < 4.78 is 0. The van der Waals surface area contributed by atoms with Crippen molar-refractivity contribution in [1.29, 1.82) is 0 Å². The minimum Gasteiger partial charge on any atom is -0.246 e. The summed E-state index contributed by atoms with van der Waals surface area (Å²) in [6.45, 7) is 4.60. The second-order valence-corrected chi connectivity index (χ2v) is 12.2. The molecule has 0 N–H and O–H groups in total. The third-order valence-corrected chi connectivity index (χ3v) is 8.79. The van der Waals surface area contributed by atoms with E-state index in [0.29, 0.717) is 0 Å². The summed E-state index contributed by atoms with van der Waals surface area (Å²) in [4.78, 5) is 5.31. The Morgan fingerprint density at radius 3 is 1.41 bits per heavy atom. The number of fused-ring (bicyclic) bond motifs is 6. The van der Waals surface area contributed by atoms with Gasteiger partial charge < -0.3 is 0 Å². The van der Waals surface area contributed by atoms with E-state index in [1.807, 2.05) is 0 Å². The number of hydrogen-bond acceptors (Lipinski definition) is 1. The molecule has 0 saturated carbocycles. The maximum Gasteiger partial charge on any atom is 0.0794 e. The van der Waals surface area contributed by atoms with E-state index < -0.39 is 0 Å². The van der Waals surface area contributed by atoms with E-state index in [4.69, 9.17) is 4.98 Å². The molecular formula is C35H26NP. The molecule has 37 heavy (non-hydrogen) atoms. The van der Waals surface area contributed by atoms with Crippen molar-refractivity contribution in [2.75, 3.05) is 13.3 Å². The normalized spacial score (nSPS) is 11.8. The van der Waals surface area contributed by atoms with Gasteiger partial charge in [0.1, 0.15) is 0 Å². The zero-order chi connectivity index (χ0) is 24.9. The maximum atomic E-state index is 5.31. The lowest BCUT2D eigenvalue weighted by atomic mass is 9.91. The molecule has 0 atom stereocenters. The molecule has 2 heteroatoms. The summed E-state index contributed by atoms with van der Waals surface area (Å²) in [7, 11) is -0.0781. The van der Waals surface area contributed by atoms with Crippen molar-refractivity contribution in [2.45, 2.75) is 0 Å². The van der Waals surface area contributed by atoms with Gasteiger partial charge in [-0.25, -0.2) is 4.98 Å². The Labute approximate surface area is 218 Å². The van der Waals surface area contributed by atoms with Gasteiger partial charge in [-0.15, -0.1) is 0 Å². The van der Waals surface area contributed by atoms with E-state index >= 15 is 0 Å². The van der Waals surface area contributed by atoms with Crippen molar-refractivity contribution >= 4 is 56.6 Å². The summed E-state index contributed by atoms with van der Waals surface area (Å²) in [6.07, 6.45) is 0. The van der Waals surface area contributed by atoms with Crippen molar-refractivity contribution in [1.82, 2.24) is 4.98 Å². The van der Waals surface area contributed by atoms with Crippen molar-refractivity contribution in [3.8, 4) is 22.3 Å². The highest BCUT2D eigenvalue weighted by Crippen LogP contribution is 2.40. The molecule has 1 nitrogen and oxygen atoms in total. The molecule has 0 aliphatic carbocycles. The molecule has 0 amide bonds. The standard InChI is InChI=1S/C35H26NP/c1-37(2)28-19-15-24(16-20-28)23-11-13-27(14-12-23)33-31-21-17-25-7-3-5-9-29(25)34(31)36-35-30-10-6-4-8-26(30)18-22-32(33)35/h3-22H,1-2H3. The fraction of sp³-hybridized carbons (Fsp3) is 0.0571. The first-order valence-electron chi connectivity index (χ1n) is 12.7. The third-order valence-electron chi connectivity index (χ3n) is 7.45. The molecule has 7 aromatic rings. The SMILES string of the molecule is CP(C)c1ccc(-c2ccc(-c3c4ccc5ccccc5c4nc4c3ccc3ccccc34)cc2)cc1. The monoisotopic (exact) mass is 491 g/mol. The van der Waals surface area contributed by atoms with E-state index in [1.165, 1.54) is 59.9 Å². The summed E-state index contributed by atoms with van der Waals surface area (Å²) in [6, 6.07) is 44.2. The Morgan fingerprint density at radius 1 is 0.432 bits per heavy atom. The Hall–Kier alpha value is -4.06. The number of benzene rings is 6. The molecular weight excluding hydrogens is 465 g/mol. The number of hydrogen-bond donors (Lipinski definition) is 0. The average molecular weight is 492 g/mol. The Morgan fingerprint density at radius 2 is 0.892 bits per heavy atom. The number of rotatable bonds is 3. The van der Waals surface area contributed by atoms with E-state index in [1.54, 1.807) is 0 Å². The number of nitrogens with zero attached hydrogens (tertiary/aromatic N) is 1. The molecule has 1 heterocycles. The molecule has 0 aliphatic rings. The number of pyridine rings is 1. The van der Waals surface area contributed by atoms with E-state index in [-0.39, 0.29) is 7.92 Å². The van der Waals surface area contributed by atoms with Crippen LogP contribution in [0.5, 0.6) is 0 Å². The van der Waals surface area contributed by atoms with Gasteiger partial charge in [0.05, 0.1) is 11.0 Å². The number of aromatic nitrogens is 1. The second kappa shape index (κ2) is 8.80. The van der Waals surface area contributed by atoms with Gasteiger partial charge in [0.2, 0.25) is 0 Å². The highest BCUT2D eigenvalue weighted by Gasteiger charge is 2.15. The molecule has 0 aliphatic heterocycles. The second-order valence-electron chi connectivity index (χ2n) is 9.87. The van der Waals surface area contributed by atoms with Crippen LogP contribution in [-0.2, 0) is 0 Å². The minimum absolute atomic E-state index is 0.0781. The fourth-order valence-electron chi connectivity index (χ4n) is 5.50. The molecule has 1 aromatic heterocycles. The third kappa shape index (κ3) is 3.70. The summed E-state index contributed by atoms with van der Waals surface area (Å²) in [5, 5.41) is 8.64. The van der Waals surface area contributed by atoms with E-state index in [2.05, 4.69) is 135 Å². The van der Waals surface area contributed by atoms with Crippen LogP contribution in [0.3, 0.4) is 0 Å². The van der Waals surface area contributed by atoms with Crippen LogP contribution in [0.15, 0.2) is 121 Å². The molecule has 0 radical (unpaired) electrons. The summed E-state index contributed by atoms with van der Waals surface area (Å²) >= 11 is 0. The zero-order valence-corrected chi connectivity index (χ0v) is 21.8. The Bertz CT molecular complexity index is 1840. The summed E-state index contributed by atoms with van der Waals surface area (Å²) in [5.41, 5.74) is 7.09. The van der Waals surface area contributed by atoms with Crippen LogP contribution in [0.25, 0.3) is 65.6 Å². The van der Waals surface area contributed by atoms with Gasteiger partial charge in [0.15, 0.2) is 0 Å². The Balaban J connectivity index is 1.49. The zero-order valence-electron chi connectivity index (χ0n) is 20.9. The van der Waals surface area contributed by atoms with Gasteiger partial charge in [-0.2, -0.15) is 0 Å². The van der Waals surface area contributed by atoms with Gasteiger partial charge in [-0.3, -0.25) is 0 Å². The van der Waals surface area contributed by atoms with Crippen LogP contribution in [0.2, 0.25) is 0 Å². The molecule has 0 spiro atoms. The lowest BCUT2D eigenvalue weighted by molar-refractivity contribution is 1.53. The molecule has 7 rings (SSSR count). The quantitative estimate of drug-likeness (QED) is 0.136. The lowest BCUT2D eigenvalue weighted by Gasteiger charge is -2.15. The van der Waals surface area contributed by atoms with E-state index in [9.17, 15) is 0 Å². The van der Waals surface area contributed by atoms with Crippen LogP contribution in [0, 0.1) is 0 Å². The van der Waals surface area contributed by atoms with Gasteiger partial charge >= 0.3 is 0 Å². The highest BCUT2D eigenvalue weighted by atomic mass is 31.1. The molecule has 0 fully saturated rings. The van der Waals surface area contributed by atoms with Crippen LogP contribution < -0.4 is 5.30 Å². The fourth-order valence-corrected chi connectivity index (χ4v) is 6.25. The molecule has 176 valence electrons. The molecule has 0 unspecified atom stereocenters. The predicted octanol–water partition coefficient (Wildman–Crippen LogP) is 9.40. The van der Waals surface area contributed by atoms with Crippen molar-refractivity contribution in [3.05, 3.63) is 121 Å². The smallest absolute Gasteiger partial charge is 0.0794 e. The van der Waals surface area contributed by atoms with Crippen LogP contribution >= 0.6 is 7.92 Å². The largest absolute Gasteiger partial charge is 0.246 e. The van der Waals surface area contributed by atoms with Crippen molar-refractivity contribution in [3.63, 3.8) is 0 Å². The van der Waals surface area contributed by atoms with E-state index in [0.717, 1.165) is 11.0 Å². The van der Waals surface area contributed by atoms with Gasteiger partial charge in [0.25, 0.3) is 0 Å².